The number of methoxy groups -OCH3 is 1. The molecular weight excluding hydrogens is 617 g/mol. The predicted octanol–water partition coefficient (Wildman–Crippen LogP) is 7.60. The van der Waals surface area contributed by atoms with E-state index in [0.29, 0.717) is 30.9 Å². The van der Waals surface area contributed by atoms with Gasteiger partial charge < -0.3 is 13.9 Å². The second-order valence-corrected chi connectivity index (χ2v) is 10.4. The minimum absolute atomic E-state index is 0.0176. The topological polar surface area (TPSA) is 86.0 Å². The maximum absolute atomic E-state index is 12.9. The molecule has 186 valence electrons. The molecule has 3 aromatic rings. The number of esters is 1. The van der Waals surface area contributed by atoms with E-state index in [1.54, 1.807) is 36.4 Å². The lowest BCUT2D eigenvalue weighted by molar-refractivity contribution is -0.123. The van der Waals surface area contributed by atoms with E-state index >= 15 is 0 Å². The Morgan fingerprint density at radius 2 is 1.86 bits per heavy atom. The van der Waals surface area contributed by atoms with E-state index in [1.807, 2.05) is 0 Å². The zero-order chi connectivity index (χ0) is 26.0. The van der Waals surface area contributed by atoms with Gasteiger partial charge in [0.25, 0.3) is 11.1 Å². The zero-order valence-electron chi connectivity index (χ0n) is 18.3. The molecule has 0 aliphatic carbocycles. The number of ether oxygens (including phenoxy) is 2. The highest BCUT2D eigenvalue weighted by atomic mass is 79.9. The number of hydrogen-bond donors (Lipinski definition) is 0. The molecule has 1 aromatic heterocycles. The summed E-state index contributed by atoms with van der Waals surface area (Å²) < 4.78 is 16.4. The molecule has 0 radical (unpaired) electrons. The monoisotopic (exact) mass is 629 g/mol. The smallest absolute Gasteiger partial charge is 0.373 e. The molecule has 0 unspecified atom stereocenters. The predicted molar refractivity (Wildman–Crippen MR) is 142 cm³/mol. The second kappa shape index (κ2) is 11.3. The second-order valence-electron chi connectivity index (χ2n) is 7.38. The van der Waals surface area contributed by atoms with E-state index in [1.165, 1.54) is 19.2 Å². The van der Waals surface area contributed by atoms with Crippen LogP contribution in [0.1, 0.15) is 27.4 Å². The summed E-state index contributed by atoms with van der Waals surface area (Å²) in [6.45, 7) is 0.0862. The number of amides is 2. The van der Waals surface area contributed by atoms with Crippen LogP contribution in [-0.2, 0) is 22.7 Å². The van der Waals surface area contributed by atoms with Crippen LogP contribution in [0.2, 0.25) is 15.1 Å². The zero-order valence-corrected chi connectivity index (χ0v) is 23.0. The summed E-state index contributed by atoms with van der Waals surface area (Å²) in [6, 6.07) is 11.4. The first-order chi connectivity index (χ1) is 17.2. The number of carbonyl (C=O) groups is 3. The fraction of sp³-hybridized carbons (Fsp3) is 0.125. The van der Waals surface area contributed by atoms with E-state index in [2.05, 4.69) is 20.7 Å². The molecule has 4 rings (SSSR count). The van der Waals surface area contributed by atoms with Gasteiger partial charge in [0.15, 0.2) is 5.75 Å². The van der Waals surface area contributed by atoms with Crippen LogP contribution >= 0.6 is 62.5 Å². The van der Waals surface area contributed by atoms with E-state index in [-0.39, 0.29) is 29.6 Å². The van der Waals surface area contributed by atoms with Gasteiger partial charge in [0.05, 0.1) is 38.1 Å². The molecule has 36 heavy (non-hydrogen) atoms. The van der Waals surface area contributed by atoms with Crippen LogP contribution in [0.4, 0.5) is 4.79 Å². The van der Waals surface area contributed by atoms with Crippen molar-refractivity contribution in [1.29, 1.82) is 0 Å². The van der Waals surface area contributed by atoms with E-state index in [9.17, 15) is 14.4 Å². The fourth-order valence-corrected chi connectivity index (χ4v) is 5.35. The van der Waals surface area contributed by atoms with Crippen LogP contribution < -0.4 is 4.74 Å². The van der Waals surface area contributed by atoms with E-state index < -0.39 is 17.1 Å². The molecule has 2 heterocycles. The van der Waals surface area contributed by atoms with Crippen LogP contribution in [0, 0.1) is 0 Å². The van der Waals surface area contributed by atoms with Gasteiger partial charge in [-0.2, -0.15) is 0 Å². The molecule has 0 N–H and O–H groups in total. The normalized spacial score (nSPS) is 14.6. The van der Waals surface area contributed by atoms with E-state index in [0.717, 1.165) is 22.2 Å². The van der Waals surface area contributed by atoms with Crippen molar-refractivity contribution in [1.82, 2.24) is 4.90 Å². The first kappa shape index (κ1) is 26.6. The van der Waals surface area contributed by atoms with Gasteiger partial charge in [-0.1, -0.05) is 40.9 Å². The van der Waals surface area contributed by atoms with Crippen molar-refractivity contribution in [2.75, 3.05) is 7.11 Å². The molecule has 12 heteroatoms. The first-order valence-electron chi connectivity index (χ1n) is 10.1. The van der Waals surface area contributed by atoms with Crippen molar-refractivity contribution in [3.63, 3.8) is 0 Å². The van der Waals surface area contributed by atoms with Gasteiger partial charge >= 0.3 is 5.97 Å². The molecule has 0 saturated carbocycles. The summed E-state index contributed by atoms with van der Waals surface area (Å²) >= 11 is 22.7. The summed E-state index contributed by atoms with van der Waals surface area (Å²) in [5.41, 5.74) is 1.39. The minimum Gasteiger partial charge on any atom is -0.486 e. The maximum atomic E-state index is 12.9. The molecule has 0 atom stereocenters. The number of imide groups is 1. The van der Waals surface area contributed by atoms with Crippen molar-refractivity contribution in [2.24, 2.45) is 0 Å². The standard InChI is InChI=1S/C24H15BrCl3NO6S/c1-33-23(31)19-5-3-14(35-19)10-29-22(30)20(36-24(29)32)9-13-6-15(25)21(18(28)8-13)34-11-12-2-4-16(26)17(27)7-12/h2-9H,10-11H2,1H3/b20-9+. The molecule has 1 fully saturated rings. The van der Waals surface area contributed by atoms with Gasteiger partial charge in [-0.25, -0.2) is 4.79 Å². The van der Waals surface area contributed by atoms with Gasteiger partial charge in [0.2, 0.25) is 5.76 Å². The Kier molecular flexibility index (Phi) is 8.37. The first-order valence-corrected chi connectivity index (χ1v) is 12.9. The van der Waals surface area contributed by atoms with Gasteiger partial charge in [-0.05, 0) is 81.3 Å². The Hall–Kier alpha value is -2.43. The maximum Gasteiger partial charge on any atom is 0.373 e. The highest BCUT2D eigenvalue weighted by Crippen LogP contribution is 2.38. The van der Waals surface area contributed by atoms with Crippen LogP contribution in [-0.4, -0.2) is 29.1 Å². The SMILES string of the molecule is COC(=O)c1ccc(CN2C(=O)S/C(=C/c3cc(Cl)c(OCc4ccc(Cl)c(Cl)c4)c(Br)c3)C2=O)o1. The average molecular weight is 632 g/mol. The molecular formula is C24H15BrCl3NO6S. The number of furan rings is 1. The van der Waals surface area contributed by atoms with Gasteiger partial charge in [0.1, 0.15) is 12.4 Å². The number of rotatable bonds is 7. The minimum atomic E-state index is -0.651. The van der Waals surface area contributed by atoms with Crippen molar-refractivity contribution in [2.45, 2.75) is 13.2 Å². The number of carbonyl (C=O) groups excluding carboxylic acids is 3. The largest absolute Gasteiger partial charge is 0.486 e. The Bertz CT molecular complexity index is 1380. The third kappa shape index (κ3) is 5.92. The lowest BCUT2D eigenvalue weighted by atomic mass is 10.2. The summed E-state index contributed by atoms with van der Waals surface area (Å²) in [6.07, 6.45) is 1.56. The molecule has 1 aliphatic rings. The van der Waals surface area contributed by atoms with Crippen LogP contribution in [0.3, 0.4) is 0 Å². The Morgan fingerprint density at radius 1 is 1.08 bits per heavy atom. The van der Waals surface area contributed by atoms with Crippen LogP contribution in [0.5, 0.6) is 5.75 Å². The lowest BCUT2D eigenvalue weighted by Crippen LogP contribution is -2.27. The number of halogens is 4. The number of thioether (sulfide) groups is 1. The fourth-order valence-electron chi connectivity index (χ4n) is 3.20. The number of nitrogens with zero attached hydrogens (tertiary/aromatic N) is 1. The van der Waals surface area contributed by atoms with Crippen LogP contribution in [0.25, 0.3) is 6.08 Å². The van der Waals surface area contributed by atoms with Crippen molar-refractivity contribution < 1.29 is 28.3 Å². The van der Waals surface area contributed by atoms with Gasteiger partial charge in [-0.3, -0.25) is 14.5 Å². The van der Waals surface area contributed by atoms with Gasteiger partial charge in [0, 0.05) is 0 Å². The van der Waals surface area contributed by atoms with Gasteiger partial charge in [-0.15, -0.1) is 0 Å². The molecule has 2 amide bonds. The summed E-state index contributed by atoms with van der Waals surface area (Å²) in [7, 11) is 1.23. The summed E-state index contributed by atoms with van der Waals surface area (Å²) in [4.78, 5) is 38.1. The Morgan fingerprint density at radius 3 is 2.56 bits per heavy atom. The van der Waals surface area contributed by atoms with Crippen molar-refractivity contribution >= 4 is 85.7 Å². The highest BCUT2D eigenvalue weighted by molar-refractivity contribution is 9.10. The average Bonchev–Trinajstić information content (AvgIpc) is 3.41. The third-order valence-corrected chi connectivity index (χ3v) is 7.44. The van der Waals surface area contributed by atoms with Crippen LogP contribution in [0.15, 0.2) is 56.3 Å². The highest BCUT2D eigenvalue weighted by Gasteiger charge is 2.36. The molecule has 2 aromatic carbocycles. The molecule has 1 aliphatic heterocycles. The molecule has 7 nitrogen and oxygen atoms in total. The Balaban J connectivity index is 1.47. The number of benzene rings is 2. The lowest BCUT2D eigenvalue weighted by Gasteiger charge is -2.12. The van der Waals surface area contributed by atoms with Crippen molar-refractivity contribution in [3.8, 4) is 5.75 Å². The quantitative estimate of drug-likeness (QED) is 0.196. The molecule has 1 saturated heterocycles. The summed E-state index contributed by atoms with van der Waals surface area (Å²) in [5.74, 6) is -0.480. The third-order valence-electron chi connectivity index (χ3n) is 4.92. The van der Waals surface area contributed by atoms with E-state index in [4.69, 9.17) is 44.0 Å². The van der Waals surface area contributed by atoms with Crippen molar-refractivity contribution in [3.05, 3.63) is 89.6 Å². The molecule has 0 spiro atoms. The molecule has 0 bridgehead atoms. The number of hydrogen-bond acceptors (Lipinski definition) is 7. The summed E-state index contributed by atoms with van der Waals surface area (Å²) in [5, 5.41) is 0.710. The Labute approximate surface area is 233 Å².